The Morgan fingerprint density at radius 2 is 2.00 bits per heavy atom. The van der Waals surface area contributed by atoms with Gasteiger partial charge in [0.15, 0.2) is 0 Å². The van der Waals surface area contributed by atoms with Gasteiger partial charge in [0.25, 0.3) is 0 Å². The van der Waals surface area contributed by atoms with Gasteiger partial charge in [-0.2, -0.15) is 0 Å². The number of aliphatic hydroxyl groups is 1. The van der Waals surface area contributed by atoms with Crippen molar-refractivity contribution in [1.29, 1.82) is 0 Å². The molecule has 1 aromatic heterocycles. The average Bonchev–Trinajstić information content (AvgIpc) is 2.03. The van der Waals surface area contributed by atoms with Crippen molar-refractivity contribution in [3.05, 3.63) is 29.6 Å². The largest absolute Gasteiger partial charge is 0.393 e. The Hall–Kier alpha value is -0.890. The van der Waals surface area contributed by atoms with E-state index >= 15 is 0 Å². The first-order valence-corrected chi connectivity index (χ1v) is 4.23. The Bertz CT molecular complexity index is 258. The van der Waals surface area contributed by atoms with E-state index < -0.39 is 0 Å². The van der Waals surface area contributed by atoms with Gasteiger partial charge < -0.3 is 5.11 Å². The number of rotatable bonds is 2. The second-order valence-electron chi connectivity index (χ2n) is 3.23. The average molecular weight is 165 g/mol. The van der Waals surface area contributed by atoms with E-state index in [0.29, 0.717) is 0 Å². The molecule has 0 aliphatic heterocycles. The minimum absolute atomic E-state index is 0.116. The topological polar surface area (TPSA) is 33.1 Å². The summed E-state index contributed by atoms with van der Waals surface area (Å²) in [5.41, 5.74) is 1.96. The van der Waals surface area contributed by atoms with Crippen LogP contribution in [0.2, 0.25) is 0 Å². The van der Waals surface area contributed by atoms with Crippen LogP contribution in [0, 0.1) is 6.92 Å². The minimum Gasteiger partial charge on any atom is -0.393 e. The maximum Gasteiger partial charge on any atom is 0.0593 e. The van der Waals surface area contributed by atoms with E-state index in [1.807, 2.05) is 32.0 Å². The molecule has 0 aliphatic rings. The normalized spacial score (nSPS) is 15.7. The third-order valence-electron chi connectivity index (χ3n) is 2.10. The second kappa shape index (κ2) is 3.68. The van der Waals surface area contributed by atoms with Gasteiger partial charge in [0.05, 0.1) is 6.10 Å². The molecule has 2 heteroatoms. The molecule has 2 nitrogen and oxygen atoms in total. The standard InChI is InChI=1S/C10H15NO/c1-7-5-4-6-10(11-7)8(2)9(3)12/h4-6,8-9,12H,1-3H3/t8-,9+/m1/s1. The Balaban J connectivity index is 2.88. The summed E-state index contributed by atoms with van der Waals surface area (Å²) in [4.78, 5) is 4.33. The van der Waals surface area contributed by atoms with Crippen molar-refractivity contribution >= 4 is 0 Å². The Kier molecular flexibility index (Phi) is 2.82. The smallest absolute Gasteiger partial charge is 0.0593 e. The molecule has 0 unspecified atom stereocenters. The molecule has 0 saturated heterocycles. The highest BCUT2D eigenvalue weighted by Gasteiger charge is 2.11. The molecule has 0 fully saturated rings. The first-order chi connectivity index (χ1) is 5.61. The van der Waals surface area contributed by atoms with Crippen LogP contribution in [0.1, 0.15) is 31.2 Å². The summed E-state index contributed by atoms with van der Waals surface area (Å²) in [7, 11) is 0. The van der Waals surface area contributed by atoms with Crippen molar-refractivity contribution in [3.63, 3.8) is 0 Å². The lowest BCUT2D eigenvalue weighted by Crippen LogP contribution is -2.12. The van der Waals surface area contributed by atoms with Crippen LogP contribution in [0.5, 0.6) is 0 Å². The van der Waals surface area contributed by atoms with Crippen LogP contribution < -0.4 is 0 Å². The lowest BCUT2D eigenvalue weighted by Gasteiger charge is -2.13. The Morgan fingerprint density at radius 3 is 2.50 bits per heavy atom. The second-order valence-corrected chi connectivity index (χ2v) is 3.23. The van der Waals surface area contributed by atoms with Crippen LogP contribution in [-0.2, 0) is 0 Å². The number of nitrogens with zero attached hydrogens (tertiary/aromatic N) is 1. The van der Waals surface area contributed by atoms with Gasteiger partial charge in [-0.25, -0.2) is 0 Å². The highest BCUT2D eigenvalue weighted by molar-refractivity contribution is 5.14. The molecule has 1 N–H and O–H groups in total. The van der Waals surface area contributed by atoms with Crippen LogP contribution in [-0.4, -0.2) is 16.2 Å². The minimum atomic E-state index is -0.334. The van der Waals surface area contributed by atoms with Gasteiger partial charge in [-0.15, -0.1) is 0 Å². The van der Waals surface area contributed by atoms with Crippen LogP contribution in [0.4, 0.5) is 0 Å². The number of aromatic nitrogens is 1. The van der Waals surface area contributed by atoms with Crippen molar-refractivity contribution in [2.75, 3.05) is 0 Å². The number of hydrogen-bond acceptors (Lipinski definition) is 2. The SMILES string of the molecule is Cc1cccc([C@H](C)[C@H](C)O)n1. The van der Waals surface area contributed by atoms with Crippen molar-refractivity contribution in [2.45, 2.75) is 32.8 Å². The highest BCUT2D eigenvalue weighted by Crippen LogP contribution is 2.16. The molecule has 0 aromatic carbocycles. The first-order valence-electron chi connectivity index (χ1n) is 4.23. The van der Waals surface area contributed by atoms with Crippen LogP contribution in [0.15, 0.2) is 18.2 Å². The monoisotopic (exact) mass is 165 g/mol. The number of aliphatic hydroxyl groups excluding tert-OH is 1. The van der Waals surface area contributed by atoms with E-state index in [9.17, 15) is 5.11 Å². The number of aryl methyl sites for hydroxylation is 1. The van der Waals surface area contributed by atoms with Crippen molar-refractivity contribution in [3.8, 4) is 0 Å². The summed E-state index contributed by atoms with van der Waals surface area (Å²) in [6.45, 7) is 5.72. The van der Waals surface area contributed by atoms with E-state index in [1.165, 1.54) is 0 Å². The summed E-state index contributed by atoms with van der Waals surface area (Å²) in [5, 5.41) is 9.33. The summed E-state index contributed by atoms with van der Waals surface area (Å²) in [6.07, 6.45) is -0.334. The van der Waals surface area contributed by atoms with Crippen LogP contribution in [0.3, 0.4) is 0 Å². The first kappa shape index (κ1) is 9.20. The molecule has 1 rings (SSSR count). The summed E-state index contributed by atoms with van der Waals surface area (Å²) < 4.78 is 0. The van der Waals surface area contributed by atoms with Crippen LogP contribution >= 0.6 is 0 Å². The molecule has 0 saturated carbocycles. The molecule has 1 heterocycles. The van der Waals surface area contributed by atoms with Crippen molar-refractivity contribution in [2.24, 2.45) is 0 Å². The third-order valence-corrected chi connectivity index (χ3v) is 2.10. The zero-order chi connectivity index (χ0) is 9.14. The molecule has 0 spiro atoms. The third kappa shape index (κ3) is 2.05. The lowest BCUT2D eigenvalue weighted by molar-refractivity contribution is 0.167. The molecule has 0 aliphatic carbocycles. The van der Waals surface area contributed by atoms with Gasteiger partial charge in [-0.3, -0.25) is 4.98 Å². The maximum atomic E-state index is 9.33. The molecule has 12 heavy (non-hydrogen) atoms. The van der Waals surface area contributed by atoms with Crippen LogP contribution in [0.25, 0.3) is 0 Å². The Labute approximate surface area is 73.3 Å². The quantitative estimate of drug-likeness (QED) is 0.725. The lowest BCUT2D eigenvalue weighted by atomic mass is 10.0. The van der Waals surface area contributed by atoms with Gasteiger partial charge in [0.2, 0.25) is 0 Å². The van der Waals surface area contributed by atoms with E-state index in [0.717, 1.165) is 11.4 Å². The van der Waals surface area contributed by atoms with E-state index in [2.05, 4.69) is 4.98 Å². The fourth-order valence-electron chi connectivity index (χ4n) is 1.06. The fourth-order valence-corrected chi connectivity index (χ4v) is 1.06. The van der Waals surface area contributed by atoms with Crippen molar-refractivity contribution < 1.29 is 5.11 Å². The number of pyridine rings is 1. The fraction of sp³-hybridized carbons (Fsp3) is 0.500. The molecular formula is C10H15NO. The maximum absolute atomic E-state index is 9.33. The molecule has 1 aromatic rings. The van der Waals surface area contributed by atoms with E-state index in [1.54, 1.807) is 6.92 Å². The zero-order valence-electron chi connectivity index (χ0n) is 7.78. The molecule has 66 valence electrons. The van der Waals surface area contributed by atoms with Gasteiger partial charge in [-0.1, -0.05) is 13.0 Å². The van der Waals surface area contributed by atoms with Crippen molar-refractivity contribution in [1.82, 2.24) is 4.98 Å². The van der Waals surface area contributed by atoms with Gasteiger partial charge in [0, 0.05) is 17.3 Å². The van der Waals surface area contributed by atoms with Gasteiger partial charge in [-0.05, 0) is 26.0 Å². The van der Waals surface area contributed by atoms with E-state index in [4.69, 9.17) is 0 Å². The summed E-state index contributed by atoms with van der Waals surface area (Å²) in [6, 6.07) is 5.87. The number of hydrogen-bond donors (Lipinski definition) is 1. The summed E-state index contributed by atoms with van der Waals surface area (Å²) >= 11 is 0. The molecular weight excluding hydrogens is 150 g/mol. The predicted octanol–water partition coefficient (Wildman–Crippen LogP) is 1.87. The van der Waals surface area contributed by atoms with Gasteiger partial charge in [0.1, 0.15) is 0 Å². The van der Waals surface area contributed by atoms with Gasteiger partial charge >= 0.3 is 0 Å². The van der Waals surface area contributed by atoms with E-state index in [-0.39, 0.29) is 12.0 Å². The molecule has 0 amide bonds. The zero-order valence-corrected chi connectivity index (χ0v) is 7.78. The molecule has 2 atom stereocenters. The summed E-state index contributed by atoms with van der Waals surface area (Å²) in [5.74, 6) is 0.116. The predicted molar refractivity (Wildman–Crippen MR) is 49.1 cm³/mol. The Morgan fingerprint density at radius 1 is 1.33 bits per heavy atom. The molecule has 0 bridgehead atoms. The highest BCUT2D eigenvalue weighted by atomic mass is 16.3. The molecule has 0 radical (unpaired) electrons.